The van der Waals surface area contributed by atoms with E-state index in [1.807, 2.05) is 27.7 Å². The highest BCUT2D eigenvalue weighted by Gasteiger charge is 2.43. The molecule has 1 fully saturated rings. The zero-order valence-corrected chi connectivity index (χ0v) is 16.0. The zero-order chi connectivity index (χ0) is 19.7. The van der Waals surface area contributed by atoms with E-state index >= 15 is 0 Å². The molecule has 1 atom stereocenters. The maximum Gasteiger partial charge on any atom is 0.239 e. The maximum absolute atomic E-state index is 12.6. The Morgan fingerprint density at radius 1 is 0.885 bits per heavy atom. The van der Waals surface area contributed by atoms with E-state index in [1.54, 1.807) is 0 Å². The fourth-order valence-corrected chi connectivity index (χ4v) is 2.81. The monoisotopic (exact) mass is 369 g/mol. The number of nitrogens with one attached hydrogen (secondary N) is 5. The molecule has 26 heavy (non-hydrogen) atoms. The van der Waals surface area contributed by atoms with Gasteiger partial charge in [0.15, 0.2) is 0 Å². The molecule has 0 aromatic carbocycles. The van der Waals surface area contributed by atoms with Crippen LogP contribution in [-0.2, 0) is 19.2 Å². The number of carbonyl (C=O) groups is 4. The molecule has 1 aliphatic rings. The molecule has 5 N–H and O–H groups in total. The molecule has 0 bridgehead atoms. The van der Waals surface area contributed by atoms with Gasteiger partial charge in [0, 0.05) is 25.0 Å². The zero-order valence-electron chi connectivity index (χ0n) is 16.0. The van der Waals surface area contributed by atoms with Crippen molar-refractivity contribution in [3.63, 3.8) is 0 Å². The quantitative estimate of drug-likeness (QED) is 0.343. The van der Waals surface area contributed by atoms with Crippen molar-refractivity contribution < 1.29 is 19.2 Å². The molecule has 1 saturated heterocycles. The average molecular weight is 369 g/mol. The van der Waals surface area contributed by atoms with Crippen LogP contribution < -0.4 is 26.6 Å². The molecule has 0 aliphatic carbocycles. The Bertz CT molecular complexity index is 527. The van der Waals surface area contributed by atoms with Gasteiger partial charge >= 0.3 is 0 Å². The van der Waals surface area contributed by atoms with Gasteiger partial charge in [0.25, 0.3) is 0 Å². The molecular formula is C17H31N5O4. The first-order valence-corrected chi connectivity index (χ1v) is 8.99. The molecule has 1 aliphatic heterocycles. The van der Waals surface area contributed by atoms with E-state index in [0.29, 0.717) is 19.5 Å². The van der Waals surface area contributed by atoms with Crippen molar-refractivity contribution in [3.8, 4) is 0 Å². The van der Waals surface area contributed by atoms with Crippen molar-refractivity contribution in [1.82, 2.24) is 26.6 Å². The van der Waals surface area contributed by atoms with E-state index in [1.165, 1.54) is 0 Å². The molecule has 148 valence electrons. The van der Waals surface area contributed by atoms with Crippen LogP contribution in [0, 0.1) is 5.41 Å². The molecule has 9 heteroatoms. The third kappa shape index (κ3) is 7.38. The lowest BCUT2D eigenvalue weighted by Gasteiger charge is -2.26. The van der Waals surface area contributed by atoms with E-state index in [2.05, 4.69) is 26.6 Å². The molecular weight excluding hydrogens is 338 g/mol. The van der Waals surface area contributed by atoms with Gasteiger partial charge in [0.1, 0.15) is 0 Å². The van der Waals surface area contributed by atoms with E-state index in [4.69, 9.17) is 0 Å². The summed E-state index contributed by atoms with van der Waals surface area (Å²) in [7, 11) is 0. The third-order valence-electron chi connectivity index (χ3n) is 3.98. The predicted molar refractivity (Wildman–Crippen MR) is 97.1 cm³/mol. The van der Waals surface area contributed by atoms with Crippen LogP contribution in [0.15, 0.2) is 0 Å². The maximum atomic E-state index is 12.6. The highest BCUT2D eigenvalue weighted by Crippen LogP contribution is 2.29. The van der Waals surface area contributed by atoms with Crippen molar-refractivity contribution in [1.29, 1.82) is 0 Å². The summed E-state index contributed by atoms with van der Waals surface area (Å²) in [5, 5.41) is 13.6. The lowest BCUT2D eigenvalue weighted by atomic mass is 9.82. The number of hydrogen-bond acceptors (Lipinski definition) is 5. The van der Waals surface area contributed by atoms with Crippen LogP contribution in [0.3, 0.4) is 0 Å². The van der Waals surface area contributed by atoms with Crippen LogP contribution in [0.25, 0.3) is 0 Å². The molecule has 4 amide bonds. The largest absolute Gasteiger partial charge is 0.352 e. The Hall–Kier alpha value is -2.16. The van der Waals surface area contributed by atoms with E-state index < -0.39 is 5.41 Å². The van der Waals surface area contributed by atoms with Crippen molar-refractivity contribution in [3.05, 3.63) is 0 Å². The van der Waals surface area contributed by atoms with Gasteiger partial charge in [-0.2, -0.15) is 0 Å². The summed E-state index contributed by atoms with van der Waals surface area (Å²) in [5.41, 5.74) is -0.906. The number of hydrogen-bond donors (Lipinski definition) is 5. The van der Waals surface area contributed by atoms with Gasteiger partial charge in [-0.05, 0) is 40.7 Å². The van der Waals surface area contributed by atoms with E-state index in [-0.39, 0.29) is 55.2 Å². The summed E-state index contributed by atoms with van der Waals surface area (Å²) in [4.78, 5) is 48.1. The van der Waals surface area contributed by atoms with Crippen LogP contribution in [0.4, 0.5) is 0 Å². The van der Waals surface area contributed by atoms with Crippen molar-refractivity contribution in [2.24, 2.45) is 5.41 Å². The minimum absolute atomic E-state index is 0.00691. The first-order chi connectivity index (χ1) is 12.1. The van der Waals surface area contributed by atoms with E-state index in [9.17, 15) is 19.2 Å². The summed E-state index contributed by atoms with van der Waals surface area (Å²) in [6, 6.07) is -0.0168. The Morgan fingerprint density at radius 3 is 1.88 bits per heavy atom. The van der Waals surface area contributed by atoms with Crippen LogP contribution in [0.1, 0.15) is 40.5 Å². The second kappa shape index (κ2) is 10.1. The molecule has 1 unspecified atom stereocenters. The summed E-state index contributed by atoms with van der Waals surface area (Å²) < 4.78 is 0. The fraction of sp³-hybridized carbons (Fsp3) is 0.765. The Balaban J connectivity index is 2.54. The van der Waals surface area contributed by atoms with Gasteiger partial charge in [-0.15, -0.1) is 0 Å². The lowest BCUT2D eigenvalue weighted by molar-refractivity contribution is -0.137. The number of carbonyl (C=O) groups excluding carboxylic acids is 4. The topological polar surface area (TPSA) is 128 Å². The standard InChI is InChI=1S/C17H31N5O4/c1-11(2)21-14(24)8-19-13(23)7-17(5-6-18-10-17)16(26)20-9-15(25)22-12(3)4/h11-12,18H,5-10H2,1-4H3,(H,19,23)(H,20,26)(H,21,24)(H,22,25). The first kappa shape index (κ1) is 21.9. The smallest absolute Gasteiger partial charge is 0.239 e. The lowest BCUT2D eigenvalue weighted by Crippen LogP contribution is -2.49. The Labute approximate surface area is 154 Å². The molecule has 1 heterocycles. The highest BCUT2D eigenvalue weighted by molar-refractivity contribution is 5.93. The van der Waals surface area contributed by atoms with Crippen LogP contribution >= 0.6 is 0 Å². The predicted octanol–water partition coefficient (Wildman–Crippen LogP) is -1.36. The van der Waals surface area contributed by atoms with Gasteiger partial charge < -0.3 is 26.6 Å². The number of amides is 4. The minimum Gasteiger partial charge on any atom is -0.352 e. The molecule has 0 saturated carbocycles. The number of rotatable bonds is 9. The summed E-state index contributed by atoms with van der Waals surface area (Å²) in [6.07, 6.45) is 0.461. The Kier molecular flexibility index (Phi) is 8.50. The summed E-state index contributed by atoms with van der Waals surface area (Å²) >= 11 is 0. The molecule has 0 radical (unpaired) electrons. The van der Waals surface area contributed by atoms with Gasteiger partial charge in [-0.1, -0.05) is 0 Å². The first-order valence-electron chi connectivity index (χ1n) is 8.99. The van der Waals surface area contributed by atoms with Crippen LogP contribution in [-0.4, -0.2) is 61.9 Å². The van der Waals surface area contributed by atoms with Crippen molar-refractivity contribution in [2.45, 2.75) is 52.6 Å². The highest BCUT2D eigenvalue weighted by atomic mass is 16.2. The van der Waals surface area contributed by atoms with Crippen LogP contribution in [0.5, 0.6) is 0 Å². The van der Waals surface area contributed by atoms with Gasteiger partial charge in [-0.25, -0.2) is 0 Å². The van der Waals surface area contributed by atoms with Gasteiger partial charge in [0.05, 0.1) is 18.5 Å². The van der Waals surface area contributed by atoms with Gasteiger partial charge in [0.2, 0.25) is 23.6 Å². The van der Waals surface area contributed by atoms with Crippen molar-refractivity contribution in [2.75, 3.05) is 26.2 Å². The molecule has 9 nitrogen and oxygen atoms in total. The minimum atomic E-state index is -0.906. The second-order valence-corrected chi connectivity index (χ2v) is 7.29. The summed E-state index contributed by atoms with van der Waals surface area (Å²) in [5.74, 6) is -1.25. The normalized spacial score (nSPS) is 19.3. The molecule has 0 aromatic heterocycles. The van der Waals surface area contributed by atoms with Gasteiger partial charge in [-0.3, -0.25) is 19.2 Å². The molecule has 1 rings (SSSR count). The molecule has 0 aromatic rings. The SMILES string of the molecule is CC(C)NC(=O)CNC(=O)CC1(C(=O)NCC(=O)NC(C)C)CCNC1. The summed E-state index contributed by atoms with van der Waals surface area (Å²) in [6.45, 7) is 8.06. The fourth-order valence-electron chi connectivity index (χ4n) is 2.81. The average Bonchev–Trinajstić information content (AvgIpc) is 2.99. The Morgan fingerprint density at radius 2 is 1.42 bits per heavy atom. The van der Waals surface area contributed by atoms with E-state index in [0.717, 1.165) is 0 Å². The molecule has 0 spiro atoms. The second-order valence-electron chi connectivity index (χ2n) is 7.29. The third-order valence-corrected chi connectivity index (χ3v) is 3.98. The van der Waals surface area contributed by atoms with Crippen molar-refractivity contribution >= 4 is 23.6 Å². The van der Waals surface area contributed by atoms with Crippen LogP contribution in [0.2, 0.25) is 0 Å².